The van der Waals surface area contributed by atoms with Crippen LogP contribution in [0.15, 0.2) is 18.2 Å². The molecule has 0 spiro atoms. The quantitative estimate of drug-likeness (QED) is 0.806. The van der Waals surface area contributed by atoms with E-state index in [-0.39, 0.29) is 24.2 Å². The molecule has 0 atom stereocenters. The van der Waals surface area contributed by atoms with E-state index < -0.39 is 22.0 Å². The first-order valence-electron chi connectivity index (χ1n) is 5.42. The van der Waals surface area contributed by atoms with Crippen LogP contribution in [0.2, 0.25) is 0 Å². The van der Waals surface area contributed by atoms with E-state index in [0.29, 0.717) is 0 Å². The third-order valence-corrected chi connectivity index (χ3v) is 3.88. The van der Waals surface area contributed by atoms with E-state index in [1.165, 1.54) is 13.1 Å². The average Bonchev–Trinajstić information content (AvgIpc) is 2.37. The Hall–Kier alpha value is -2.18. The highest BCUT2D eigenvalue weighted by atomic mass is 32.2. The molecule has 0 amide bonds. The first kappa shape index (κ1) is 15.9. The van der Waals surface area contributed by atoms with Gasteiger partial charge in [0.25, 0.3) is 0 Å². The number of nitrogens with zero attached hydrogens (tertiary/aromatic N) is 2. The van der Waals surface area contributed by atoms with E-state index in [1.807, 2.05) is 0 Å². The summed E-state index contributed by atoms with van der Waals surface area (Å²) in [4.78, 5) is 10.4. The molecule has 1 rings (SSSR count). The van der Waals surface area contributed by atoms with Crippen LogP contribution in [0.5, 0.6) is 0 Å². The summed E-state index contributed by atoms with van der Waals surface area (Å²) < 4.78 is 39.7. The summed E-state index contributed by atoms with van der Waals surface area (Å²) >= 11 is 0. The Morgan fingerprint density at radius 3 is 2.75 bits per heavy atom. The van der Waals surface area contributed by atoms with Crippen LogP contribution in [0.3, 0.4) is 0 Å². The molecule has 108 valence electrons. The minimum atomic E-state index is -3.96. The van der Waals surface area contributed by atoms with Crippen LogP contribution < -0.4 is 4.72 Å². The second-order valence-corrected chi connectivity index (χ2v) is 5.66. The zero-order valence-electron chi connectivity index (χ0n) is 10.5. The summed E-state index contributed by atoms with van der Waals surface area (Å²) in [6.45, 7) is -0.211. The van der Waals surface area contributed by atoms with E-state index in [2.05, 4.69) is 4.72 Å². The highest BCUT2D eigenvalue weighted by molar-refractivity contribution is 7.90. The molecule has 1 aromatic rings. The van der Waals surface area contributed by atoms with E-state index in [4.69, 9.17) is 10.4 Å². The molecule has 0 fully saturated rings. The Balaban J connectivity index is 2.86. The van der Waals surface area contributed by atoms with E-state index >= 15 is 0 Å². The van der Waals surface area contributed by atoms with Crippen molar-refractivity contribution in [3.05, 3.63) is 29.6 Å². The summed E-state index contributed by atoms with van der Waals surface area (Å²) in [6, 6.07) is 4.77. The van der Waals surface area contributed by atoms with E-state index in [9.17, 15) is 17.6 Å². The normalized spacial score (nSPS) is 11.1. The van der Waals surface area contributed by atoms with Gasteiger partial charge in [0.15, 0.2) is 0 Å². The molecule has 0 unspecified atom stereocenters. The van der Waals surface area contributed by atoms with Crippen molar-refractivity contribution in [2.45, 2.75) is 6.42 Å². The number of anilines is 1. The Morgan fingerprint density at radius 1 is 1.55 bits per heavy atom. The summed E-state index contributed by atoms with van der Waals surface area (Å²) in [6.07, 6.45) is -0.343. The molecule has 0 saturated carbocycles. The van der Waals surface area contributed by atoms with Crippen molar-refractivity contribution in [2.75, 3.05) is 18.3 Å². The molecule has 7 nitrogen and oxygen atoms in total. The van der Waals surface area contributed by atoms with E-state index in [0.717, 1.165) is 16.4 Å². The minimum Gasteiger partial charge on any atom is -0.481 e. The van der Waals surface area contributed by atoms with Gasteiger partial charge in [-0.2, -0.15) is 18.0 Å². The highest BCUT2D eigenvalue weighted by Crippen LogP contribution is 2.16. The van der Waals surface area contributed by atoms with Gasteiger partial charge in [0.05, 0.1) is 17.7 Å². The first-order chi connectivity index (χ1) is 9.26. The topological polar surface area (TPSA) is 110 Å². The number of benzene rings is 1. The Labute approximate surface area is 115 Å². The zero-order valence-corrected chi connectivity index (χ0v) is 11.3. The second-order valence-electron chi connectivity index (χ2n) is 3.88. The van der Waals surface area contributed by atoms with Gasteiger partial charge in [0, 0.05) is 13.6 Å². The number of carboxylic acids is 1. The van der Waals surface area contributed by atoms with Crippen LogP contribution in [-0.2, 0) is 15.0 Å². The predicted molar refractivity (Wildman–Crippen MR) is 68.5 cm³/mol. The fourth-order valence-electron chi connectivity index (χ4n) is 1.27. The van der Waals surface area contributed by atoms with Crippen molar-refractivity contribution in [1.29, 1.82) is 5.26 Å². The molecular formula is C11H12FN3O4S. The summed E-state index contributed by atoms with van der Waals surface area (Å²) in [7, 11) is -2.75. The molecule has 0 saturated heterocycles. The van der Waals surface area contributed by atoms with Gasteiger partial charge < -0.3 is 5.11 Å². The number of nitriles is 1. The summed E-state index contributed by atoms with van der Waals surface area (Å²) in [5.41, 5.74) is -0.275. The lowest BCUT2D eigenvalue weighted by atomic mass is 10.2. The molecule has 0 aliphatic rings. The van der Waals surface area contributed by atoms with Gasteiger partial charge in [0.1, 0.15) is 11.9 Å². The van der Waals surface area contributed by atoms with Crippen LogP contribution in [0, 0.1) is 17.1 Å². The number of nitrogens with one attached hydrogen (secondary N) is 1. The zero-order chi connectivity index (χ0) is 15.3. The van der Waals surface area contributed by atoms with Crippen molar-refractivity contribution >= 4 is 21.9 Å². The smallest absolute Gasteiger partial charge is 0.304 e. The third-order valence-electron chi connectivity index (χ3n) is 2.38. The number of hydrogen-bond donors (Lipinski definition) is 2. The van der Waals surface area contributed by atoms with Crippen LogP contribution in [0.25, 0.3) is 0 Å². The lowest BCUT2D eigenvalue weighted by Crippen LogP contribution is -2.34. The van der Waals surface area contributed by atoms with Crippen LogP contribution in [-0.4, -0.2) is 37.4 Å². The SMILES string of the molecule is CN(CCC(=O)O)S(=O)(=O)Nc1ccc(F)c(C#N)c1. The number of carboxylic acid groups (broad SMARTS) is 1. The van der Waals surface area contributed by atoms with Crippen molar-refractivity contribution in [3.63, 3.8) is 0 Å². The number of rotatable bonds is 6. The van der Waals surface area contributed by atoms with Crippen molar-refractivity contribution in [2.24, 2.45) is 0 Å². The van der Waals surface area contributed by atoms with Crippen LogP contribution >= 0.6 is 0 Å². The first-order valence-corrected chi connectivity index (χ1v) is 6.86. The standard InChI is InChI=1S/C11H12FN3O4S/c1-15(5-4-11(16)17)20(18,19)14-9-2-3-10(12)8(6-9)7-13/h2-3,6,14H,4-5H2,1H3,(H,16,17). The molecule has 0 aliphatic heterocycles. The van der Waals surface area contributed by atoms with Crippen molar-refractivity contribution in [1.82, 2.24) is 4.31 Å². The van der Waals surface area contributed by atoms with Gasteiger partial charge in [0.2, 0.25) is 0 Å². The van der Waals surface area contributed by atoms with Crippen molar-refractivity contribution in [3.8, 4) is 6.07 Å². The van der Waals surface area contributed by atoms with Gasteiger partial charge in [-0.15, -0.1) is 0 Å². The van der Waals surface area contributed by atoms with Crippen LogP contribution in [0.4, 0.5) is 10.1 Å². The lowest BCUT2D eigenvalue weighted by molar-refractivity contribution is -0.137. The monoisotopic (exact) mass is 301 g/mol. The van der Waals surface area contributed by atoms with Crippen LogP contribution in [0.1, 0.15) is 12.0 Å². The molecule has 20 heavy (non-hydrogen) atoms. The number of halogens is 1. The molecule has 0 aliphatic carbocycles. The molecule has 0 radical (unpaired) electrons. The van der Waals surface area contributed by atoms with Crippen molar-refractivity contribution < 1.29 is 22.7 Å². The van der Waals surface area contributed by atoms with Gasteiger partial charge in [-0.3, -0.25) is 9.52 Å². The maximum atomic E-state index is 13.1. The molecular weight excluding hydrogens is 289 g/mol. The predicted octanol–water partition coefficient (Wildman–Crippen LogP) is 0.761. The van der Waals surface area contributed by atoms with E-state index in [1.54, 1.807) is 6.07 Å². The fraction of sp³-hybridized carbons (Fsp3) is 0.273. The fourth-order valence-corrected chi connectivity index (χ4v) is 2.19. The largest absolute Gasteiger partial charge is 0.481 e. The lowest BCUT2D eigenvalue weighted by Gasteiger charge is -2.17. The van der Waals surface area contributed by atoms with Gasteiger partial charge in [-0.1, -0.05) is 0 Å². The minimum absolute atomic E-state index is 0.0186. The molecule has 0 heterocycles. The molecule has 2 N–H and O–H groups in total. The highest BCUT2D eigenvalue weighted by Gasteiger charge is 2.18. The molecule has 0 aromatic heterocycles. The second kappa shape index (κ2) is 6.31. The van der Waals surface area contributed by atoms with Gasteiger partial charge >= 0.3 is 16.2 Å². The number of hydrogen-bond acceptors (Lipinski definition) is 4. The number of aliphatic carboxylic acids is 1. The van der Waals surface area contributed by atoms with Gasteiger partial charge in [-0.05, 0) is 18.2 Å². The Bertz CT molecular complexity index is 654. The maximum absolute atomic E-state index is 13.1. The number of carbonyl (C=O) groups is 1. The molecule has 1 aromatic carbocycles. The van der Waals surface area contributed by atoms with Gasteiger partial charge in [-0.25, -0.2) is 4.39 Å². The average molecular weight is 301 g/mol. The molecule has 9 heteroatoms. The maximum Gasteiger partial charge on any atom is 0.304 e. The summed E-state index contributed by atoms with van der Waals surface area (Å²) in [5, 5.41) is 17.1. The Kier molecular flexibility index (Phi) is 5.01. The Morgan fingerprint density at radius 2 is 2.20 bits per heavy atom. The molecule has 0 bridgehead atoms. The summed E-state index contributed by atoms with van der Waals surface area (Å²) in [5.74, 6) is -1.88. The third kappa shape index (κ3) is 4.18.